The van der Waals surface area contributed by atoms with Gasteiger partial charge in [-0.25, -0.2) is 10.9 Å². The van der Waals surface area contributed by atoms with Crippen molar-refractivity contribution in [3.8, 4) is 5.75 Å². The molecule has 1 aromatic carbocycles. The Kier molecular flexibility index (Phi) is 4.54. The third-order valence-corrected chi connectivity index (χ3v) is 3.62. The van der Waals surface area contributed by atoms with Crippen molar-refractivity contribution in [2.45, 2.75) is 20.1 Å². The Hall–Kier alpha value is -1.14. The van der Waals surface area contributed by atoms with Crippen LogP contribution in [0.25, 0.3) is 0 Å². The summed E-state index contributed by atoms with van der Waals surface area (Å²) < 4.78 is 5.64. The summed E-state index contributed by atoms with van der Waals surface area (Å²) in [4.78, 5) is 8.84. The van der Waals surface area contributed by atoms with Crippen LogP contribution in [0, 0.1) is 6.92 Å². The molecule has 18 heavy (non-hydrogen) atoms. The SMILES string of the molecule is Cc1cc(OCc2nc(CON)cs2)ccc1Cl. The molecule has 0 unspecified atom stereocenters. The first-order valence-electron chi connectivity index (χ1n) is 5.33. The Bertz CT molecular complexity index is 531. The Morgan fingerprint density at radius 1 is 1.39 bits per heavy atom. The molecule has 0 aliphatic carbocycles. The van der Waals surface area contributed by atoms with Gasteiger partial charge in [0.2, 0.25) is 0 Å². The van der Waals surface area contributed by atoms with Crippen LogP contribution in [0.3, 0.4) is 0 Å². The van der Waals surface area contributed by atoms with Gasteiger partial charge in [-0.1, -0.05) is 11.6 Å². The van der Waals surface area contributed by atoms with Crippen molar-refractivity contribution in [1.29, 1.82) is 0 Å². The molecule has 0 saturated heterocycles. The minimum Gasteiger partial charge on any atom is -0.486 e. The number of nitrogens with two attached hydrogens (primary N) is 1. The molecular weight excluding hydrogens is 272 g/mol. The average Bonchev–Trinajstić information content (AvgIpc) is 2.79. The van der Waals surface area contributed by atoms with Crippen LogP contribution in [0.4, 0.5) is 0 Å². The third kappa shape index (κ3) is 3.43. The largest absolute Gasteiger partial charge is 0.486 e. The van der Waals surface area contributed by atoms with Crippen LogP contribution in [0.5, 0.6) is 5.75 Å². The van der Waals surface area contributed by atoms with Crippen LogP contribution in [0.15, 0.2) is 23.6 Å². The first-order chi connectivity index (χ1) is 8.69. The summed E-state index contributed by atoms with van der Waals surface area (Å²) in [7, 11) is 0. The number of hydrogen-bond acceptors (Lipinski definition) is 5. The molecule has 0 aliphatic rings. The summed E-state index contributed by atoms with van der Waals surface area (Å²) in [5.41, 5.74) is 1.80. The van der Waals surface area contributed by atoms with E-state index in [0.29, 0.717) is 13.2 Å². The Labute approximate surface area is 114 Å². The van der Waals surface area contributed by atoms with Crippen molar-refractivity contribution >= 4 is 22.9 Å². The second-order valence-corrected chi connectivity index (χ2v) is 5.09. The molecule has 2 rings (SSSR count). The molecule has 2 aromatic rings. The van der Waals surface area contributed by atoms with Crippen molar-refractivity contribution in [3.05, 3.63) is 44.9 Å². The molecule has 4 nitrogen and oxygen atoms in total. The minimum absolute atomic E-state index is 0.316. The first kappa shape index (κ1) is 13.3. The maximum atomic E-state index is 5.94. The standard InChI is InChI=1S/C12H13ClN2O2S/c1-8-4-10(2-3-11(8)13)16-6-12-15-9(5-17-14)7-18-12/h2-4,7H,5-6,14H2,1H3. The second-order valence-electron chi connectivity index (χ2n) is 3.74. The van der Waals surface area contributed by atoms with E-state index in [1.54, 1.807) is 0 Å². The van der Waals surface area contributed by atoms with Gasteiger partial charge in [0.05, 0.1) is 5.69 Å². The summed E-state index contributed by atoms with van der Waals surface area (Å²) in [6, 6.07) is 5.56. The minimum atomic E-state index is 0.316. The molecule has 0 bridgehead atoms. The Morgan fingerprint density at radius 3 is 2.94 bits per heavy atom. The zero-order chi connectivity index (χ0) is 13.0. The van der Waals surface area contributed by atoms with Gasteiger partial charge in [-0.15, -0.1) is 11.3 Å². The van der Waals surface area contributed by atoms with Crippen molar-refractivity contribution < 1.29 is 9.57 Å². The van der Waals surface area contributed by atoms with Gasteiger partial charge in [-0.2, -0.15) is 0 Å². The molecular formula is C12H13ClN2O2S. The Morgan fingerprint density at radius 2 is 2.22 bits per heavy atom. The molecule has 0 amide bonds. The number of ether oxygens (including phenoxy) is 1. The summed E-state index contributed by atoms with van der Waals surface area (Å²) >= 11 is 7.46. The molecule has 1 heterocycles. The fourth-order valence-electron chi connectivity index (χ4n) is 1.42. The van der Waals surface area contributed by atoms with Crippen LogP contribution in [0.1, 0.15) is 16.3 Å². The molecule has 0 radical (unpaired) electrons. The first-order valence-corrected chi connectivity index (χ1v) is 6.58. The lowest BCUT2D eigenvalue weighted by molar-refractivity contribution is 0.121. The van der Waals surface area contributed by atoms with Crippen molar-refractivity contribution in [1.82, 2.24) is 4.98 Å². The zero-order valence-corrected chi connectivity index (χ0v) is 11.4. The molecule has 1 aromatic heterocycles. The number of halogens is 1. The highest BCUT2D eigenvalue weighted by Crippen LogP contribution is 2.22. The molecule has 0 aliphatic heterocycles. The smallest absolute Gasteiger partial charge is 0.140 e. The molecule has 2 N–H and O–H groups in total. The van der Waals surface area contributed by atoms with Gasteiger partial charge in [0.15, 0.2) is 0 Å². The average molecular weight is 285 g/mol. The van der Waals surface area contributed by atoms with E-state index in [-0.39, 0.29) is 0 Å². The van der Waals surface area contributed by atoms with Crippen LogP contribution in [0.2, 0.25) is 5.02 Å². The normalized spacial score (nSPS) is 10.6. The highest BCUT2D eigenvalue weighted by Gasteiger charge is 2.04. The topological polar surface area (TPSA) is 57.4 Å². The van der Waals surface area contributed by atoms with E-state index in [1.165, 1.54) is 11.3 Å². The zero-order valence-electron chi connectivity index (χ0n) is 9.85. The van der Waals surface area contributed by atoms with E-state index in [0.717, 1.165) is 27.0 Å². The number of thiazole rings is 1. The van der Waals surface area contributed by atoms with Gasteiger partial charge in [0, 0.05) is 10.4 Å². The Balaban J connectivity index is 1.95. The fourth-order valence-corrected chi connectivity index (χ4v) is 2.23. The van der Waals surface area contributed by atoms with Gasteiger partial charge in [-0.05, 0) is 30.7 Å². The van der Waals surface area contributed by atoms with E-state index in [4.69, 9.17) is 22.2 Å². The van der Waals surface area contributed by atoms with E-state index >= 15 is 0 Å². The maximum absolute atomic E-state index is 5.94. The number of hydrogen-bond donors (Lipinski definition) is 1. The maximum Gasteiger partial charge on any atom is 0.140 e. The lowest BCUT2D eigenvalue weighted by Gasteiger charge is -2.05. The van der Waals surface area contributed by atoms with Gasteiger partial charge in [0.25, 0.3) is 0 Å². The van der Waals surface area contributed by atoms with Crippen LogP contribution >= 0.6 is 22.9 Å². The molecule has 0 saturated carbocycles. The third-order valence-electron chi connectivity index (χ3n) is 2.32. The lowest BCUT2D eigenvalue weighted by Crippen LogP contribution is -2.00. The second kappa shape index (κ2) is 6.15. The summed E-state index contributed by atoms with van der Waals surface area (Å²) in [5, 5.41) is 3.52. The van der Waals surface area contributed by atoms with E-state index in [9.17, 15) is 0 Å². The predicted molar refractivity (Wildman–Crippen MR) is 71.6 cm³/mol. The molecule has 0 spiro atoms. The predicted octanol–water partition coefficient (Wildman–Crippen LogP) is 3.07. The highest BCUT2D eigenvalue weighted by atomic mass is 35.5. The quantitative estimate of drug-likeness (QED) is 0.857. The molecule has 0 fully saturated rings. The molecule has 6 heteroatoms. The van der Waals surface area contributed by atoms with Crippen molar-refractivity contribution in [2.75, 3.05) is 0 Å². The van der Waals surface area contributed by atoms with Crippen LogP contribution in [-0.4, -0.2) is 4.98 Å². The lowest BCUT2D eigenvalue weighted by atomic mass is 10.2. The fraction of sp³-hybridized carbons (Fsp3) is 0.250. The van der Waals surface area contributed by atoms with Gasteiger partial charge in [-0.3, -0.25) is 4.84 Å². The van der Waals surface area contributed by atoms with Gasteiger partial charge >= 0.3 is 0 Å². The molecule has 0 atom stereocenters. The number of nitrogens with zero attached hydrogens (tertiary/aromatic N) is 1. The van der Waals surface area contributed by atoms with Gasteiger partial charge in [0.1, 0.15) is 24.0 Å². The van der Waals surface area contributed by atoms with Gasteiger partial charge < -0.3 is 4.74 Å². The molecule has 96 valence electrons. The van der Waals surface area contributed by atoms with Crippen molar-refractivity contribution in [2.24, 2.45) is 5.90 Å². The van der Waals surface area contributed by atoms with E-state index in [2.05, 4.69) is 9.82 Å². The van der Waals surface area contributed by atoms with Crippen molar-refractivity contribution in [3.63, 3.8) is 0 Å². The van der Waals surface area contributed by atoms with E-state index in [1.807, 2.05) is 30.5 Å². The van der Waals surface area contributed by atoms with Crippen LogP contribution < -0.4 is 10.6 Å². The summed E-state index contributed by atoms with van der Waals surface area (Å²) in [5.74, 6) is 5.77. The van der Waals surface area contributed by atoms with Crippen LogP contribution in [-0.2, 0) is 18.1 Å². The van der Waals surface area contributed by atoms with E-state index < -0.39 is 0 Å². The monoisotopic (exact) mass is 284 g/mol. The number of rotatable bonds is 5. The summed E-state index contributed by atoms with van der Waals surface area (Å²) in [6.07, 6.45) is 0. The number of aromatic nitrogens is 1. The number of benzene rings is 1. The number of aryl methyl sites for hydroxylation is 1. The highest BCUT2D eigenvalue weighted by molar-refractivity contribution is 7.09. The summed E-state index contributed by atoms with van der Waals surface area (Å²) in [6.45, 7) is 2.68.